The highest BCUT2D eigenvalue weighted by Gasteiger charge is 2.23. The van der Waals surface area contributed by atoms with Gasteiger partial charge in [0.05, 0.1) is 17.7 Å². The van der Waals surface area contributed by atoms with E-state index in [4.69, 9.17) is 4.74 Å². The molecule has 0 aliphatic heterocycles. The molecule has 0 saturated carbocycles. The molecule has 4 heteroatoms. The fourth-order valence-corrected chi connectivity index (χ4v) is 3.53. The SMILES string of the molecule is CCOC(=O)c1c(C)cc(F)c2nc3ccccc3c(-c3ccccc3)c12. The van der Waals surface area contributed by atoms with Gasteiger partial charge in [0.25, 0.3) is 0 Å². The second-order valence-corrected chi connectivity index (χ2v) is 6.36. The van der Waals surface area contributed by atoms with Gasteiger partial charge in [0.1, 0.15) is 11.3 Å². The summed E-state index contributed by atoms with van der Waals surface area (Å²) in [5, 5.41) is 1.36. The van der Waals surface area contributed by atoms with Gasteiger partial charge in [0.2, 0.25) is 0 Å². The number of hydrogen-bond donors (Lipinski definition) is 0. The number of carbonyl (C=O) groups excluding carboxylic acids is 1. The smallest absolute Gasteiger partial charge is 0.339 e. The standard InChI is InChI=1S/C23H18FNO2/c1-3-27-23(26)19-14(2)13-17(24)22-21(19)20(15-9-5-4-6-10-15)16-11-7-8-12-18(16)25-22/h4-13H,3H2,1-2H3. The fraction of sp³-hybridized carbons (Fsp3) is 0.130. The van der Waals surface area contributed by atoms with Crippen LogP contribution in [0.3, 0.4) is 0 Å². The van der Waals surface area contributed by atoms with E-state index in [1.165, 1.54) is 6.07 Å². The van der Waals surface area contributed by atoms with Gasteiger partial charge in [-0.25, -0.2) is 14.2 Å². The maximum absolute atomic E-state index is 14.9. The molecule has 0 aliphatic rings. The first-order valence-electron chi connectivity index (χ1n) is 8.86. The highest BCUT2D eigenvalue weighted by Crippen LogP contribution is 2.38. The molecule has 0 amide bonds. The van der Waals surface area contributed by atoms with Crippen molar-refractivity contribution >= 4 is 27.8 Å². The lowest BCUT2D eigenvalue weighted by Crippen LogP contribution is -2.10. The zero-order valence-electron chi connectivity index (χ0n) is 15.1. The summed E-state index contributed by atoms with van der Waals surface area (Å²) in [6.45, 7) is 3.72. The van der Waals surface area contributed by atoms with Crippen LogP contribution >= 0.6 is 0 Å². The number of ether oxygens (including phenoxy) is 1. The quantitative estimate of drug-likeness (QED) is 0.349. The number of nitrogens with zero attached hydrogens (tertiary/aromatic N) is 1. The van der Waals surface area contributed by atoms with Gasteiger partial charge in [0, 0.05) is 16.3 Å². The highest BCUT2D eigenvalue weighted by molar-refractivity contribution is 6.17. The highest BCUT2D eigenvalue weighted by atomic mass is 19.1. The maximum Gasteiger partial charge on any atom is 0.339 e. The molecule has 4 rings (SSSR count). The third-order valence-corrected chi connectivity index (χ3v) is 4.65. The third kappa shape index (κ3) is 2.83. The molecule has 0 saturated heterocycles. The lowest BCUT2D eigenvalue weighted by atomic mass is 9.91. The normalized spacial score (nSPS) is 11.1. The first-order valence-corrected chi connectivity index (χ1v) is 8.86. The van der Waals surface area contributed by atoms with Crippen molar-refractivity contribution in [1.82, 2.24) is 4.98 Å². The number of carbonyl (C=O) groups is 1. The summed E-state index contributed by atoms with van der Waals surface area (Å²) in [6.07, 6.45) is 0. The van der Waals surface area contributed by atoms with Crippen molar-refractivity contribution in [2.75, 3.05) is 6.61 Å². The van der Waals surface area contributed by atoms with Gasteiger partial charge in [-0.1, -0.05) is 48.5 Å². The van der Waals surface area contributed by atoms with Gasteiger partial charge in [-0.15, -0.1) is 0 Å². The average molecular weight is 359 g/mol. The summed E-state index contributed by atoms with van der Waals surface area (Å²) in [4.78, 5) is 17.3. The van der Waals surface area contributed by atoms with Crippen molar-refractivity contribution in [1.29, 1.82) is 0 Å². The number of pyridine rings is 1. The second kappa shape index (κ2) is 6.80. The van der Waals surface area contributed by atoms with Gasteiger partial charge in [0.15, 0.2) is 0 Å². The van der Waals surface area contributed by atoms with Gasteiger partial charge >= 0.3 is 5.97 Å². The Hall–Kier alpha value is -3.27. The van der Waals surface area contributed by atoms with E-state index in [2.05, 4.69) is 4.98 Å². The van der Waals surface area contributed by atoms with Crippen LogP contribution in [-0.2, 0) is 4.74 Å². The van der Waals surface area contributed by atoms with Crippen molar-refractivity contribution in [3.8, 4) is 11.1 Å². The zero-order chi connectivity index (χ0) is 19.0. The lowest BCUT2D eigenvalue weighted by molar-refractivity contribution is 0.0528. The first-order chi connectivity index (χ1) is 13.1. The molecule has 134 valence electrons. The molecule has 1 aromatic heterocycles. The maximum atomic E-state index is 14.9. The van der Waals surface area contributed by atoms with E-state index >= 15 is 0 Å². The number of aromatic nitrogens is 1. The van der Waals surface area contributed by atoms with Crippen LogP contribution in [0.25, 0.3) is 32.9 Å². The van der Waals surface area contributed by atoms with Crippen LogP contribution in [0.4, 0.5) is 4.39 Å². The summed E-state index contributed by atoms with van der Waals surface area (Å²) in [7, 11) is 0. The van der Waals surface area contributed by atoms with E-state index in [9.17, 15) is 9.18 Å². The molecule has 3 nitrogen and oxygen atoms in total. The topological polar surface area (TPSA) is 39.2 Å². The first kappa shape index (κ1) is 17.2. The van der Waals surface area contributed by atoms with Gasteiger partial charge < -0.3 is 4.74 Å². The molecule has 0 fully saturated rings. The number of benzene rings is 3. The second-order valence-electron chi connectivity index (χ2n) is 6.36. The van der Waals surface area contributed by atoms with Gasteiger partial charge in [-0.2, -0.15) is 0 Å². The summed E-state index contributed by atoms with van der Waals surface area (Å²) in [5.74, 6) is -0.909. The van der Waals surface area contributed by atoms with Gasteiger partial charge in [-0.3, -0.25) is 0 Å². The van der Waals surface area contributed by atoms with Crippen molar-refractivity contribution < 1.29 is 13.9 Å². The minimum atomic E-state index is -0.464. The zero-order valence-corrected chi connectivity index (χ0v) is 15.1. The average Bonchev–Trinajstić information content (AvgIpc) is 2.67. The Morgan fingerprint density at radius 1 is 1.07 bits per heavy atom. The largest absolute Gasteiger partial charge is 0.462 e. The molecule has 0 bridgehead atoms. The molecule has 1 heterocycles. The Morgan fingerprint density at radius 2 is 1.78 bits per heavy atom. The molecule has 3 aromatic carbocycles. The number of fused-ring (bicyclic) bond motifs is 2. The molecular weight excluding hydrogens is 341 g/mol. The van der Waals surface area contributed by atoms with E-state index < -0.39 is 11.8 Å². The monoisotopic (exact) mass is 359 g/mol. The van der Waals surface area contributed by atoms with Crippen LogP contribution in [-0.4, -0.2) is 17.6 Å². The molecule has 0 N–H and O–H groups in total. The third-order valence-electron chi connectivity index (χ3n) is 4.65. The van der Waals surface area contributed by atoms with Crippen LogP contribution in [0.2, 0.25) is 0 Å². The molecule has 0 spiro atoms. The van der Waals surface area contributed by atoms with E-state index in [1.807, 2.05) is 54.6 Å². The van der Waals surface area contributed by atoms with Crippen LogP contribution in [0.1, 0.15) is 22.8 Å². The van der Waals surface area contributed by atoms with E-state index in [1.54, 1.807) is 13.8 Å². The summed E-state index contributed by atoms with van der Waals surface area (Å²) >= 11 is 0. The van der Waals surface area contributed by atoms with Crippen LogP contribution in [0.5, 0.6) is 0 Å². The van der Waals surface area contributed by atoms with E-state index in [0.717, 1.165) is 16.5 Å². The molecule has 4 aromatic rings. The van der Waals surface area contributed by atoms with Crippen molar-refractivity contribution in [3.05, 3.63) is 77.6 Å². The number of esters is 1. The number of halogens is 1. The Kier molecular flexibility index (Phi) is 4.32. The molecule has 0 radical (unpaired) electrons. The lowest BCUT2D eigenvalue weighted by Gasteiger charge is -2.16. The Morgan fingerprint density at radius 3 is 2.52 bits per heavy atom. The summed E-state index contributed by atoms with van der Waals surface area (Å²) in [6, 6.07) is 18.6. The summed E-state index contributed by atoms with van der Waals surface area (Å²) < 4.78 is 20.2. The van der Waals surface area contributed by atoms with Crippen molar-refractivity contribution in [2.45, 2.75) is 13.8 Å². The van der Waals surface area contributed by atoms with E-state index in [-0.39, 0.29) is 12.1 Å². The Labute approximate surface area is 156 Å². The Bertz CT molecular complexity index is 1170. The molecule has 0 unspecified atom stereocenters. The molecule has 0 atom stereocenters. The number of aryl methyl sites for hydroxylation is 1. The van der Waals surface area contributed by atoms with Gasteiger partial charge in [-0.05, 0) is 37.1 Å². The molecule has 27 heavy (non-hydrogen) atoms. The van der Waals surface area contributed by atoms with E-state index in [0.29, 0.717) is 22.0 Å². The van der Waals surface area contributed by atoms with Crippen LogP contribution < -0.4 is 0 Å². The molecule has 0 aliphatic carbocycles. The fourth-order valence-electron chi connectivity index (χ4n) is 3.53. The Balaban J connectivity index is 2.26. The van der Waals surface area contributed by atoms with Crippen LogP contribution in [0, 0.1) is 12.7 Å². The number of hydrogen-bond acceptors (Lipinski definition) is 3. The minimum Gasteiger partial charge on any atom is -0.462 e. The minimum absolute atomic E-state index is 0.182. The number of rotatable bonds is 3. The molecular formula is C23H18FNO2. The number of para-hydroxylation sites is 1. The van der Waals surface area contributed by atoms with Crippen LogP contribution in [0.15, 0.2) is 60.7 Å². The van der Waals surface area contributed by atoms with Crippen molar-refractivity contribution in [3.63, 3.8) is 0 Å². The van der Waals surface area contributed by atoms with Crippen molar-refractivity contribution in [2.24, 2.45) is 0 Å². The predicted octanol–water partition coefficient (Wildman–Crippen LogP) is 5.68. The predicted molar refractivity (Wildman–Crippen MR) is 105 cm³/mol. The summed E-state index contributed by atoms with van der Waals surface area (Å²) in [5.41, 5.74) is 3.46.